The van der Waals surface area contributed by atoms with Crippen molar-refractivity contribution in [1.29, 1.82) is 0 Å². The summed E-state index contributed by atoms with van der Waals surface area (Å²) in [6.07, 6.45) is 1.60. The van der Waals surface area contributed by atoms with Gasteiger partial charge in [0.1, 0.15) is 13.1 Å². The highest BCUT2D eigenvalue weighted by Gasteiger charge is 2.22. The molecule has 1 aliphatic rings. The molecule has 3 amide bonds. The van der Waals surface area contributed by atoms with E-state index in [1.54, 1.807) is 0 Å². The third kappa shape index (κ3) is 5.00. The van der Waals surface area contributed by atoms with E-state index in [0.717, 1.165) is 17.7 Å². The Kier molecular flexibility index (Phi) is 5.37. The predicted octanol–water partition coefficient (Wildman–Crippen LogP) is -1.25. The van der Waals surface area contributed by atoms with Crippen molar-refractivity contribution in [2.45, 2.75) is 18.9 Å². The smallest absolute Gasteiger partial charge is 0.323 e. The van der Waals surface area contributed by atoms with Crippen LogP contribution in [-0.2, 0) is 14.3 Å². The minimum Gasteiger partial charge on any atom is -0.480 e. The molecule has 1 rings (SSSR count). The molecule has 0 spiro atoms. The lowest BCUT2D eigenvalue weighted by Gasteiger charge is -2.26. The number of urea groups is 1. The zero-order valence-corrected chi connectivity index (χ0v) is 9.92. The molecular formula is C10H17N3O5. The third-order valence-electron chi connectivity index (χ3n) is 2.45. The van der Waals surface area contributed by atoms with Crippen molar-refractivity contribution in [3.8, 4) is 0 Å². The molecule has 1 fully saturated rings. The minimum atomic E-state index is -1.20. The molecule has 0 bridgehead atoms. The largest absolute Gasteiger partial charge is 0.480 e. The number of primary amides is 1. The molecule has 4 N–H and O–H groups in total. The van der Waals surface area contributed by atoms with Gasteiger partial charge in [-0.15, -0.1) is 0 Å². The topological polar surface area (TPSA) is 122 Å². The first kappa shape index (κ1) is 14.2. The van der Waals surface area contributed by atoms with E-state index < -0.39 is 31.0 Å². The van der Waals surface area contributed by atoms with Gasteiger partial charge in [0.25, 0.3) is 0 Å². The molecule has 18 heavy (non-hydrogen) atoms. The molecule has 102 valence electrons. The SMILES string of the molecule is NC(=O)CN(CC(=O)O)C(=O)NC1CCCOC1. The summed E-state index contributed by atoms with van der Waals surface area (Å²) in [7, 11) is 0. The molecule has 0 saturated carbocycles. The van der Waals surface area contributed by atoms with Gasteiger partial charge < -0.3 is 25.8 Å². The zero-order chi connectivity index (χ0) is 13.5. The quantitative estimate of drug-likeness (QED) is 0.569. The molecule has 1 saturated heterocycles. The van der Waals surface area contributed by atoms with Gasteiger partial charge in [-0.25, -0.2) is 4.79 Å². The zero-order valence-electron chi connectivity index (χ0n) is 9.92. The van der Waals surface area contributed by atoms with Gasteiger partial charge in [0, 0.05) is 6.61 Å². The fourth-order valence-electron chi connectivity index (χ4n) is 1.67. The van der Waals surface area contributed by atoms with Gasteiger partial charge in [0.05, 0.1) is 12.6 Å². The van der Waals surface area contributed by atoms with Gasteiger partial charge in [-0.2, -0.15) is 0 Å². The van der Waals surface area contributed by atoms with E-state index in [1.165, 1.54) is 0 Å². The van der Waals surface area contributed by atoms with Crippen LogP contribution < -0.4 is 11.1 Å². The van der Waals surface area contributed by atoms with Crippen LogP contribution in [0.1, 0.15) is 12.8 Å². The van der Waals surface area contributed by atoms with E-state index in [9.17, 15) is 14.4 Å². The van der Waals surface area contributed by atoms with Crippen molar-refractivity contribution in [2.24, 2.45) is 5.73 Å². The fourth-order valence-corrected chi connectivity index (χ4v) is 1.67. The number of nitrogens with one attached hydrogen (secondary N) is 1. The number of hydrogen-bond acceptors (Lipinski definition) is 4. The summed E-state index contributed by atoms with van der Waals surface area (Å²) in [5.41, 5.74) is 4.96. The maximum Gasteiger partial charge on any atom is 0.323 e. The lowest BCUT2D eigenvalue weighted by atomic mass is 10.1. The molecule has 0 aliphatic carbocycles. The highest BCUT2D eigenvalue weighted by molar-refractivity contribution is 5.86. The molecule has 1 aliphatic heterocycles. The van der Waals surface area contributed by atoms with Crippen LogP contribution in [0.2, 0.25) is 0 Å². The van der Waals surface area contributed by atoms with Crippen LogP contribution in [-0.4, -0.2) is 60.3 Å². The highest BCUT2D eigenvalue weighted by atomic mass is 16.5. The third-order valence-corrected chi connectivity index (χ3v) is 2.45. The molecule has 0 aromatic carbocycles. The highest BCUT2D eigenvalue weighted by Crippen LogP contribution is 2.06. The molecular weight excluding hydrogens is 242 g/mol. The predicted molar refractivity (Wildman–Crippen MR) is 60.8 cm³/mol. The van der Waals surface area contributed by atoms with E-state index in [4.69, 9.17) is 15.6 Å². The lowest BCUT2D eigenvalue weighted by molar-refractivity contribution is -0.137. The summed E-state index contributed by atoms with van der Waals surface area (Å²) >= 11 is 0. The number of amides is 3. The Morgan fingerprint density at radius 1 is 1.39 bits per heavy atom. The summed E-state index contributed by atoms with van der Waals surface area (Å²) < 4.78 is 5.18. The Morgan fingerprint density at radius 2 is 2.11 bits per heavy atom. The molecule has 0 radical (unpaired) electrons. The number of nitrogens with zero attached hydrogens (tertiary/aromatic N) is 1. The second-order valence-electron chi connectivity index (χ2n) is 4.08. The molecule has 8 nitrogen and oxygen atoms in total. The molecule has 8 heteroatoms. The molecule has 0 aromatic rings. The lowest BCUT2D eigenvalue weighted by Crippen LogP contribution is -2.51. The normalized spacial score (nSPS) is 19.0. The fraction of sp³-hybridized carbons (Fsp3) is 0.700. The number of nitrogens with two attached hydrogens (primary N) is 1. The Morgan fingerprint density at radius 3 is 2.61 bits per heavy atom. The second kappa shape index (κ2) is 6.80. The average Bonchev–Trinajstić information content (AvgIpc) is 2.28. The average molecular weight is 259 g/mol. The van der Waals surface area contributed by atoms with E-state index in [1.807, 2.05) is 0 Å². The number of hydrogen-bond donors (Lipinski definition) is 3. The summed E-state index contributed by atoms with van der Waals surface area (Å²) in [4.78, 5) is 34.0. The van der Waals surface area contributed by atoms with Gasteiger partial charge >= 0.3 is 12.0 Å². The van der Waals surface area contributed by atoms with Crippen LogP contribution in [0.15, 0.2) is 0 Å². The van der Waals surface area contributed by atoms with Crippen molar-refractivity contribution in [3.63, 3.8) is 0 Å². The summed E-state index contributed by atoms with van der Waals surface area (Å²) in [6, 6.07) is -0.776. The van der Waals surface area contributed by atoms with Crippen LogP contribution in [0.25, 0.3) is 0 Å². The van der Waals surface area contributed by atoms with Gasteiger partial charge in [-0.1, -0.05) is 0 Å². The first-order chi connectivity index (χ1) is 8.49. The second-order valence-corrected chi connectivity index (χ2v) is 4.08. The number of aliphatic carboxylic acids is 1. The number of carboxylic acid groups (broad SMARTS) is 1. The van der Waals surface area contributed by atoms with Crippen molar-refractivity contribution >= 4 is 17.9 Å². The monoisotopic (exact) mass is 259 g/mol. The van der Waals surface area contributed by atoms with Gasteiger partial charge in [0.15, 0.2) is 0 Å². The Balaban J connectivity index is 2.51. The summed E-state index contributed by atoms with van der Waals surface area (Å²) in [6.45, 7) is 0.0593. The van der Waals surface area contributed by atoms with Gasteiger partial charge in [-0.3, -0.25) is 9.59 Å². The molecule has 0 aromatic heterocycles. The van der Waals surface area contributed by atoms with E-state index in [-0.39, 0.29) is 6.04 Å². The Hall–Kier alpha value is -1.83. The van der Waals surface area contributed by atoms with Crippen molar-refractivity contribution in [3.05, 3.63) is 0 Å². The molecule has 1 unspecified atom stereocenters. The van der Waals surface area contributed by atoms with Crippen LogP contribution >= 0.6 is 0 Å². The Bertz CT molecular complexity index is 311. The van der Waals surface area contributed by atoms with Crippen LogP contribution in [0.3, 0.4) is 0 Å². The van der Waals surface area contributed by atoms with Crippen LogP contribution in [0.4, 0.5) is 4.79 Å². The van der Waals surface area contributed by atoms with E-state index in [0.29, 0.717) is 13.2 Å². The van der Waals surface area contributed by atoms with Crippen molar-refractivity contribution in [1.82, 2.24) is 10.2 Å². The summed E-state index contributed by atoms with van der Waals surface area (Å²) in [5.74, 6) is -1.96. The standard InChI is InChI=1S/C10H17N3O5/c11-8(14)4-13(5-9(15)16)10(17)12-7-2-1-3-18-6-7/h7H,1-6H2,(H2,11,14)(H,12,17)(H,15,16). The van der Waals surface area contributed by atoms with Gasteiger partial charge in [-0.05, 0) is 12.8 Å². The maximum atomic E-state index is 11.8. The number of carbonyl (C=O) groups excluding carboxylic acids is 2. The van der Waals surface area contributed by atoms with Crippen LogP contribution in [0, 0.1) is 0 Å². The minimum absolute atomic E-state index is 0.157. The van der Waals surface area contributed by atoms with E-state index in [2.05, 4.69) is 5.32 Å². The molecule has 1 heterocycles. The van der Waals surface area contributed by atoms with E-state index >= 15 is 0 Å². The van der Waals surface area contributed by atoms with Crippen molar-refractivity contribution < 1.29 is 24.2 Å². The number of ether oxygens (including phenoxy) is 1. The van der Waals surface area contributed by atoms with Crippen molar-refractivity contribution in [2.75, 3.05) is 26.3 Å². The number of carbonyl (C=O) groups is 3. The first-order valence-corrected chi connectivity index (χ1v) is 5.62. The number of carboxylic acids is 1. The van der Waals surface area contributed by atoms with Gasteiger partial charge in [0.2, 0.25) is 5.91 Å². The number of rotatable bonds is 5. The Labute approximate surface area is 104 Å². The first-order valence-electron chi connectivity index (χ1n) is 5.62. The maximum absolute atomic E-state index is 11.8. The van der Waals surface area contributed by atoms with Crippen LogP contribution in [0.5, 0.6) is 0 Å². The molecule has 1 atom stereocenters. The summed E-state index contributed by atoms with van der Waals surface area (Å²) in [5, 5.41) is 11.3.